The summed E-state index contributed by atoms with van der Waals surface area (Å²) in [5.74, 6) is 0. The lowest BCUT2D eigenvalue weighted by atomic mass is 10.4. The van der Waals surface area contributed by atoms with Crippen LogP contribution in [0.1, 0.15) is 6.42 Å². The molecule has 0 saturated carbocycles. The van der Waals surface area contributed by atoms with Crippen molar-refractivity contribution in [2.75, 3.05) is 6.54 Å². The van der Waals surface area contributed by atoms with Crippen molar-refractivity contribution in [1.29, 1.82) is 0 Å². The quantitative estimate of drug-likeness (QED) is 0.300. The smallest absolute Gasteiger partial charge is 0.417 e. The van der Waals surface area contributed by atoms with E-state index in [1.54, 1.807) is 0 Å². The molecule has 1 rings (SSSR count). The van der Waals surface area contributed by atoms with Gasteiger partial charge in [0, 0.05) is 11.2 Å². The van der Waals surface area contributed by atoms with Crippen LogP contribution < -0.4 is 10.9 Å². The molecule has 0 heterocycles. The maximum atomic E-state index is 7.29. The van der Waals surface area contributed by atoms with E-state index in [1.165, 1.54) is 0 Å². The minimum Gasteiger partial charge on any atom is -0.417 e. The third kappa shape index (κ3) is 12.2. The van der Waals surface area contributed by atoms with E-state index in [0.29, 0.717) is 12.6 Å². The topological polar surface area (TPSA) is 72.2 Å². The highest BCUT2D eigenvalue weighted by molar-refractivity contribution is 6.97. The zero-order valence-corrected chi connectivity index (χ0v) is 29.1. The van der Waals surface area contributed by atoms with E-state index >= 15 is 0 Å². The summed E-state index contributed by atoms with van der Waals surface area (Å²) in [4.78, 5) is 0. The van der Waals surface area contributed by atoms with Crippen LogP contribution in [-0.2, 0) is 20.6 Å². The summed E-state index contributed by atoms with van der Waals surface area (Å²) >= 11 is 0. The van der Waals surface area contributed by atoms with Crippen molar-refractivity contribution in [3.63, 3.8) is 0 Å². The van der Waals surface area contributed by atoms with Crippen LogP contribution in [0.5, 0.6) is 0 Å². The van der Waals surface area contributed by atoms with Gasteiger partial charge in [0.2, 0.25) is 0 Å². The van der Waals surface area contributed by atoms with Gasteiger partial charge in [-0.3, -0.25) is 0 Å². The lowest BCUT2D eigenvalue weighted by molar-refractivity contribution is 0.184. The van der Waals surface area contributed by atoms with Gasteiger partial charge in [0.05, 0.1) is 0 Å². The first-order chi connectivity index (χ1) is 14.7. The van der Waals surface area contributed by atoms with E-state index < -0.39 is 50.9 Å². The van der Waals surface area contributed by atoms with E-state index in [9.17, 15) is 0 Å². The van der Waals surface area contributed by atoms with Gasteiger partial charge in [0.15, 0.2) is 33.3 Å². The van der Waals surface area contributed by atoms with Crippen LogP contribution in [0.4, 0.5) is 0 Å². The standard InChI is InChI=1S/C21H49NO5Si6/c1-28(2,3)23-32(20-16-19-22,24-29(4,5)6)27-33(25-30(7,8)9,26-31(10,11)12)21-17-14-13-15-18-21/h13-15,17-18H,16,19-20,22H2,1-12H3. The number of rotatable bonds is 14. The normalized spacial score (nSPS) is 14.6. The molecule has 0 spiro atoms. The van der Waals surface area contributed by atoms with Gasteiger partial charge in [0.1, 0.15) is 0 Å². The van der Waals surface area contributed by atoms with E-state index in [4.69, 9.17) is 26.3 Å². The molecule has 0 unspecified atom stereocenters. The van der Waals surface area contributed by atoms with E-state index in [-0.39, 0.29) is 0 Å². The minimum atomic E-state index is -3.39. The molecule has 0 saturated heterocycles. The highest BCUT2D eigenvalue weighted by atomic mass is 28.5. The fourth-order valence-electron chi connectivity index (χ4n) is 3.36. The van der Waals surface area contributed by atoms with Crippen molar-refractivity contribution in [3.8, 4) is 0 Å². The first-order valence-corrected chi connectivity index (χ1v) is 29.3. The summed E-state index contributed by atoms with van der Waals surface area (Å²) in [6.45, 7) is 26.9. The second-order valence-electron chi connectivity index (χ2n) is 12.5. The molecule has 1 aromatic carbocycles. The highest BCUT2D eigenvalue weighted by Gasteiger charge is 2.59. The maximum absolute atomic E-state index is 7.29. The summed E-state index contributed by atoms with van der Waals surface area (Å²) in [6.07, 6.45) is 0.778. The molecule has 1 aromatic rings. The van der Waals surface area contributed by atoms with Crippen molar-refractivity contribution in [2.45, 2.75) is 91.0 Å². The predicted octanol–water partition coefficient (Wildman–Crippen LogP) is 5.54. The van der Waals surface area contributed by atoms with Crippen LogP contribution in [0, 0.1) is 0 Å². The first kappa shape index (κ1) is 31.3. The number of nitrogens with two attached hydrogens (primary N) is 1. The fraction of sp³-hybridized carbons (Fsp3) is 0.714. The molecule has 0 aliphatic carbocycles. The monoisotopic (exact) mass is 563 g/mol. The summed E-state index contributed by atoms with van der Waals surface area (Å²) in [7, 11) is -14.8. The number of hydrogen-bond donors (Lipinski definition) is 1. The third-order valence-corrected chi connectivity index (χ3v) is 22.7. The van der Waals surface area contributed by atoms with Crippen LogP contribution in [-0.4, -0.2) is 57.4 Å². The van der Waals surface area contributed by atoms with Crippen molar-refractivity contribution in [3.05, 3.63) is 30.3 Å². The molecule has 6 nitrogen and oxygen atoms in total. The van der Waals surface area contributed by atoms with Crippen molar-refractivity contribution in [2.24, 2.45) is 5.73 Å². The SMILES string of the molecule is C[Si](C)(C)O[Si](CCCN)(O[Si](C)(C)C)O[Si](O[Si](C)(C)C)(O[Si](C)(C)C)c1ccccc1. The van der Waals surface area contributed by atoms with Gasteiger partial charge in [0.25, 0.3) is 0 Å². The Hall–Kier alpha value is 0.281. The molecule has 192 valence electrons. The molecule has 0 aliphatic rings. The van der Waals surface area contributed by atoms with Crippen LogP contribution in [0.2, 0.25) is 84.6 Å². The molecular formula is C21H49NO5Si6. The first-order valence-electron chi connectivity index (χ1n) is 12.0. The zero-order valence-electron chi connectivity index (χ0n) is 23.1. The fourth-order valence-corrected chi connectivity index (χ4v) is 26.0. The highest BCUT2D eigenvalue weighted by Crippen LogP contribution is 2.33. The van der Waals surface area contributed by atoms with Crippen LogP contribution in [0.15, 0.2) is 30.3 Å². The lowest BCUT2D eigenvalue weighted by Crippen LogP contribution is -2.71. The van der Waals surface area contributed by atoms with Crippen molar-refractivity contribution < 1.29 is 20.6 Å². The molecule has 0 fully saturated rings. The van der Waals surface area contributed by atoms with Gasteiger partial charge in [-0.2, -0.15) is 0 Å². The summed E-state index contributed by atoms with van der Waals surface area (Å²) in [5.41, 5.74) is 5.98. The predicted molar refractivity (Wildman–Crippen MR) is 155 cm³/mol. The Morgan fingerprint density at radius 2 is 0.970 bits per heavy atom. The Labute approximate surface area is 209 Å². The van der Waals surface area contributed by atoms with Crippen LogP contribution in [0.25, 0.3) is 0 Å². The van der Waals surface area contributed by atoms with Crippen molar-refractivity contribution >= 4 is 56.1 Å². The largest absolute Gasteiger partial charge is 0.508 e. The Morgan fingerprint density at radius 3 is 1.30 bits per heavy atom. The summed E-state index contributed by atoms with van der Waals surface area (Å²) < 4.78 is 35.1. The molecule has 0 bridgehead atoms. The summed E-state index contributed by atoms with van der Waals surface area (Å²) in [5, 5.41) is 0.984. The Kier molecular flexibility index (Phi) is 11.0. The molecule has 12 heteroatoms. The molecule has 33 heavy (non-hydrogen) atoms. The molecule has 0 aliphatic heterocycles. The molecule has 0 radical (unpaired) electrons. The van der Waals surface area contributed by atoms with Gasteiger partial charge in [-0.25, -0.2) is 0 Å². The molecule has 0 aromatic heterocycles. The van der Waals surface area contributed by atoms with Crippen molar-refractivity contribution in [1.82, 2.24) is 0 Å². The van der Waals surface area contributed by atoms with E-state index in [2.05, 4.69) is 90.7 Å². The Morgan fingerprint density at radius 1 is 0.576 bits per heavy atom. The van der Waals surface area contributed by atoms with Crippen LogP contribution in [0.3, 0.4) is 0 Å². The van der Waals surface area contributed by atoms with Crippen LogP contribution >= 0.6 is 0 Å². The Bertz CT molecular complexity index is 694. The third-order valence-electron chi connectivity index (χ3n) is 3.91. The van der Waals surface area contributed by atoms with Gasteiger partial charge < -0.3 is 26.3 Å². The second kappa shape index (κ2) is 11.6. The van der Waals surface area contributed by atoms with E-state index in [0.717, 1.165) is 11.6 Å². The second-order valence-corrected chi connectivity index (χ2v) is 37.0. The maximum Gasteiger partial charge on any atom is 0.508 e. The average molecular weight is 564 g/mol. The minimum absolute atomic E-state index is 0.561. The van der Waals surface area contributed by atoms with Gasteiger partial charge in [-0.05, 0) is 91.5 Å². The van der Waals surface area contributed by atoms with Gasteiger partial charge >= 0.3 is 17.6 Å². The summed E-state index contributed by atoms with van der Waals surface area (Å²) in [6, 6.07) is 10.9. The Balaban J connectivity index is 3.83. The molecule has 0 atom stereocenters. The number of hydrogen-bond acceptors (Lipinski definition) is 6. The van der Waals surface area contributed by atoms with Gasteiger partial charge in [-0.15, -0.1) is 0 Å². The lowest BCUT2D eigenvalue weighted by Gasteiger charge is -2.47. The molecule has 2 N–H and O–H groups in total. The molecular weight excluding hydrogens is 515 g/mol. The average Bonchev–Trinajstić information content (AvgIpc) is 2.54. The zero-order chi connectivity index (χ0) is 25.8. The molecule has 0 amide bonds. The number of benzene rings is 1. The van der Waals surface area contributed by atoms with E-state index in [1.807, 2.05) is 18.2 Å². The van der Waals surface area contributed by atoms with Gasteiger partial charge in [-0.1, -0.05) is 30.3 Å².